The number of pyridine rings is 2. The Hall–Kier alpha value is -5.08. The van der Waals surface area contributed by atoms with Crippen LogP contribution in [0.5, 0.6) is 0 Å². The molecule has 4 heterocycles. The quantitative estimate of drug-likeness (QED) is 0.107. The minimum atomic E-state index is -5.08. The summed E-state index contributed by atoms with van der Waals surface area (Å²) in [5.41, 5.74) is 0.128. The third kappa shape index (κ3) is 10.9. The number of nitrogens with zero attached hydrogens (tertiary/aromatic N) is 5. The molecule has 4 N–H and O–H groups in total. The number of nitrogens with one attached hydrogen (secondary N) is 2. The molecule has 2 amide bonds. The SMILES string of the molecule is CCNC(=O)Nc1cc(-c2nc(C(F)(F)F)cs2)c(-c2ccc3c(c2)c(=O)c(C(=O)O)c(CC)n3[C@H]2CCCN(CCN(CC)CC)C2)cn1.O=C(O)C(F)(F)F. The molecule has 310 valence electrons. The first-order chi connectivity index (χ1) is 26.8. The van der Waals surface area contributed by atoms with Gasteiger partial charge in [0.1, 0.15) is 16.4 Å². The fraction of sp³-hybridized carbons (Fsp3) is 0.459. The Bertz CT molecular complexity index is 2130. The van der Waals surface area contributed by atoms with Gasteiger partial charge in [0.2, 0.25) is 5.43 Å². The molecule has 1 saturated heterocycles. The van der Waals surface area contributed by atoms with Gasteiger partial charge < -0.3 is 29.9 Å². The van der Waals surface area contributed by atoms with Crippen molar-refractivity contribution in [3.05, 3.63) is 63.0 Å². The minimum Gasteiger partial charge on any atom is -0.477 e. The predicted molar refractivity (Wildman–Crippen MR) is 203 cm³/mol. The summed E-state index contributed by atoms with van der Waals surface area (Å²) in [5, 5.41) is 23.7. The first kappa shape index (κ1) is 44.6. The van der Waals surface area contributed by atoms with E-state index in [-0.39, 0.29) is 33.4 Å². The monoisotopic (exact) mass is 827 g/mol. The molecule has 5 rings (SSSR count). The summed E-state index contributed by atoms with van der Waals surface area (Å²) < 4.78 is 74.4. The maximum atomic E-state index is 14.0. The summed E-state index contributed by atoms with van der Waals surface area (Å²) in [5.74, 6) is -3.98. The number of carboxylic acids is 2. The number of piperidine rings is 1. The summed E-state index contributed by atoms with van der Waals surface area (Å²) in [7, 11) is 0. The van der Waals surface area contributed by atoms with Crippen molar-refractivity contribution in [2.24, 2.45) is 0 Å². The second-order valence-corrected chi connectivity index (χ2v) is 13.8. The largest absolute Gasteiger partial charge is 0.490 e. The molecule has 1 aliphatic heterocycles. The predicted octanol–water partition coefficient (Wildman–Crippen LogP) is 7.22. The number of aromatic carboxylic acids is 1. The van der Waals surface area contributed by atoms with Crippen LogP contribution in [0.1, 0.15) is 68.3 Å². The van der Waals surface area contributed by atoms with E-state index >= 15 is 0 Å². The molecule has 3 aromatic heterocycles. The van der Waals surface area contributed by atoms with E-state index in [1.165, 1.54) is 12.3 Å². The van der Waals surface area contributed by atoms with E-state index in [2.05, 4.69) is 44.2 Å². The number of halogens is 6. The number of likely N-dealkylation sites (N-methyl/N-ethyl adjacent to an activating group) is 1. The first-order valence-electron chi connectivity index (χ1n) is 18.1. The second kappa shape index (κ2) is 18.9. The van der Waals surface area contributed by atoms with Crippen LogP contribution in [0.25, 0.3) is 32.6 Å². The van der Waals surface area contributed by atoms with Gasteiger partial charge >= 0.3 is 30.3 Å². The normalized spacial score (nSPS) is 15.0. The number of alkyl halides is 6. The molecular formula is C37H43F6N7O6S. The van der Waals surface area contributed by atoms with Crippen LogP contribution in [-0.4, -0.2) is 105 Å². The lowest BCUT2D eigenvalue weighted by atomic mass is 9.96. The van der Waals surface area contributed by atoms with E-state index in [1.807, 2.05) is 11.5 Å². The molecule has 0 unspecified atom stereocenters. The number of benzene rings is 1. The van der Waals surface area contributed by atoms with Gasteiger partial charge in [-0.2, -0.15) is 26.3 Å². The van der Waals surface area contributed by atoms with Gasteiger partial charge in [0.05, 0.1) is 5.52 Å². The first-order valence-corrected chi connectivity index (χ1v) is 19.0. The number of urea groups is 1. The standard InChI is InChI=1S/C35H42F3N7O4S.C2HF3O2/c1-5-26-30(33(47)48)31(46)24-16-21(11-12-27(24)45(26)22-10-9-13-44(19-22)15-14-43(7-3)8-4)25-18-40-29(42-34(49)39-6-2)17-23(25)32-41-28(20-50-32)35(36,37)38;3-2(4,5)1(6)7/h11-12,16-18,20,22H,5-10,13-15,19H2,1-4H3,(H,47,48)(H2,39,40,42,49);(H,6,7)/t22-;/m0./s1. The Balaban J connectivity index is 0.000000940. The number of amides is 2. The number of aromatic nitrogens is 3. The fourth-order valence-electron chi connectivity index (χ4n) is 6.66. The number of anilines is 1. The lowest BCUT2D eigenvalue weighted by molar-refractivity contribution is -0.192. The molecule has 1 fully saturated rings. The Morgan fingerprint density at radius 3 is 2.26 bits per heavy atom. The van der Waals surface area contributed by atoms with Gasteiger partial charge in [0.25, 0.3) is 0 Å². The van der Waals surface area contributed by atoms with E-state index in [1.54, 1.807) is 25.1 Å². The summed E-state index contributed by atoms with van der Waals surface area (Å²) in [6, 6.07) is 5.94. The van der Waals surface area contributed by atoms with Gasteiger partial charge in [-0.05, 0) is 69.6 Å². The van der Waals surface area contributed by atoms with Gasteiger partial charge in [0.15, 0.2) is 5.69 Å². The molecule has 57 heavy (non-hydrogen) atoms. The van der Waals surface area contributed by atoms with Crippen molar-refractivity contribution in [2.45, 2.75) is 65.4 Å². The summed E-state index contributed by atoms with van der Waals surface area (Å²) >= 11 is 0.786. The summed E-state index contributed by atoms with van der Waals surface area (Å²) in [4.78, 5) is 60.7. The van der Waals surface area contributed by atoms with Crippen molar-refractivity contribution in [1.29, 1.82) is 0 Å². The number of carbonyl (C=O) groups is 3. The van der Waals surface area contributed by atoms with Crippen molar-refractivity contribution in [3.8, 4) is 21.7 Å². The molecule has 13 nitrogen and oxygen atoms in total. The van der Waals surface area contributed by atoms with Crippen LogP contribution in [0.4, 0.5) is 37.0 Å². The fourth-order valence-corrected chi connectivity index (χ4v) is 7.52. The maximum Gasteiger partial charge on any atom is 0.490 e. The van der Waals surface area contributed by atoms with Crippen LogP contribution in [0, 0.1) is 0 Å². The highest BCUT2D eigenvalue weighted by Gasteiger charge is 2.38. The van der Waals surface area contributed by atoms with Crippen LogP contribution in [0.2, 0.25) is 0 Å². The second-order valence-electron chi connectivity index (χ2n) is 13.0. The Labute approximate surface area is 327 Å². The van der Waals surface area contributed by atoms with E-state index in [0.29, 0.717) is 41.8 Å². The van der Waals surface area contributed by atoms with Crippen LogP contribution in [0.3, 0.4) is 0 Å². The highest BCUT2D eigenvalue weighted by Crippen LogP contribution is 2.39. The molecule has 20 heteroatoms. The summed E-state index contributed by atoms with van der Waals surface area (Å²) in [6.07, 6.45) is -6.28. The third-order valence-electron chi connectivity index (χ3n) is 9.39. The number of hydrogen-bond donors (Lipinski definition) is 4. The topological polar surface area (TPSA) is 170 Å². The van der Waals surface area contributed by atoms with E-state index in [9.17, 15) is 45.8 Å². The molecule has 0 radical (unpaired) electrons. The molecule has 0 spiro atoms. The number of carbonyl (C=O) groups excluding carboxylic acids is 1. The van der Waals surface area contributed by atoms with Gasteiger partial charge in [-0.3, -0.25) is 10.1 Å². The van der Waals surface area contributed by atoms with E-state index in [4.69, 9.17) is 9.90 Å². The zero-order chi connectivity index (χ0) is 42.2. The average molecular weight is 828 g/mol. The molecule has 4 aromatic rings. The van der Waals surface area contributed by atoms with Gasteiger partial charge in [-0.1, -0.05) is 26.8 Å². The van der Waals surface area contributed by atoms with Crippen LogP contribution in [0.15, 0.2) is 40.6 Å². The molecule has 1 aromatic carbocycles. The highest BCUT2D eigenvalue weighted by molar-refractivity contribution is 7.13. The zero-order valence-electron chi connectivity index (χ0n) is 31.6. The number of hydrogen-bond acceptors (Lipinski definition) is 9. The number of fused-ring (bicyclic) bond motifs is 1. The van der Waals surface area contributed by atoms with Crippen LogP contribution >= 0.6 is 11.3 Å². The van der Waals surface area contributed by atoms with Gasteiger partial charge in [-0.15, -0.1) is 11.3 Å². The third-order valence-corrected chi connectivity index (χ3v) is 10.3. The zero-order valence-corrected chi connectivity index (χ0v) is 32.4. The van der Waals surface area contributed by atoms with Gasteiger partial charge in [-0.25, -0.2) is 24.4 Å². The molecular weight excluding hydrogens is 785 g/mol. The average Bonchev–Trinajstić information content (AvgIpc) is 3.66. The smallest absolute Gasteiger partial charge is 0.477 e. The lowest BCUT2D eigenvalue weighted by Gasteiger charge is -2.37. The van der Waals surface area contributed by atoms with Crippen molar-refractivity contribution < 1.29 is 50.9 Å². The maximum absolute atomic E-state index is 14.0. The molecule has 0 aliphatic carbocycles. The Morgan fingerprint density at radius 2 is 1.70 bits per heavy atom. The number of carboxylic acid groups (broad SMARTS) is 2. The Kier molecular flexibility index (Phi) is 14.8. The van der Waals surface area contributed by atoms with Crippen molar-refractivity contribution in [2.75, 3.05) is 51.1 Å². The van der Waals surface area contributed by atoms with E-state index in [0.717, 1.165) is 62.3 Å². The van der Waals surface area contributed by atoms with Crippen molar-refractivity contribution in [3.63, 3.8) is 0 Å². The van der Waals surface area contributed by atoms with Gasteiger partial charge in [0, 0.05) is 66.0 Å². The Morgan fingerprint density at radius 1 is 1.02 bits per heavy atom. The molecule has 1 aliphatic rings. The van der Waals surface area contributed by atoms with E-state index < -0.39 is 41.4 Å². The highest BCUT2D eigenvalue weighted by atomic mass is 32.1. The van der Waals surface area contributed by atoms with Crippen LogP contribution in [-0.2, 0) is 17.4 Å². The van der Waals surface area contributed by atoms with Crippen molar-refractivity contribution in [1.82, 2.24) is 29.7 Å². The molecule has 1 atom stereocenters. The number of rotatable bonds is 12. The molecule has 0 bridgehead atoms. The number of thiazole rings is 1. The lowest BCUT2D eigenvalue weighted by Crippen LogP contribution is -2.42. The number of likely N-dealkylation sites (tertiary alicyclic amines) is 1. The minimum absolute atomic E-state index is 0.0331. The summed E-state index contributed by atoms with van der Waals surface area (Å²) in [6.45, 7) is 13.5. The van der Waals surface area contributed by atoms with Crippen molar-refractivity contribution >= 4 is 46.0 Å². The van der Waals surface area contributed by atoms with Crippen LogP contribution < -0.4 is 16.1 Å². The molecule has 0 saturated carbocycles. The number of aliphatic carboxylic acids is 1.